The molecule has 2 N–H and O–H groups in total. The molecule has 1 unspecified atom stereocenters. The standard InChI is InChI=1S/C6H10N2/c7-5-6-1-3-8-4-2-6/h1,3-4,6H,2,5,7H2. The van der Waals surface area contributed by atoms with E-state index in [0.29, 0.717) is 5.92 Å². The molecular weight excluding hydrogens is 100 g/mol. The Morgan fingerprint density at radius 3 is 3.00 bits per heavy atom. The molecule has 0 radical (unpaired) electrons. The summed E-state index contributed by atoms with van der Waals surface area (Å²) in [7, 11) is 0. The first-order valence-corrected chi connectivity index (χ1v) is 2.82. The van der Waals surface area contributed by atoms with Gasteiger partial charge in [0.15, 0.2) is 0 Å². The molecule has 0 aliphatic carbocycles. The van der Waals surface area contributed by atoms with Gasteiger partial charge in [0.25, 0.3) is 0 Å². The van der Waals surface area contributed by atoms with Crippen LogP contribution in [-0.4, -0.2) is 12.8 Å². The first-order chi connectivity index (χ1) is 3.93. The number of nitrogens with two attached hydrogens (primary N) is 1. The molecule has 0 saturated carbocycles. The second-order valence-electron chi connectivity index (χ2n) is 1.90. The zero-order chi connectivity index (χ0) is 5.82. The highest BCUT2D eigenvalue weighted by molar-refractivity contribution is 5.60. The zero-order valence-corrected chi connectivity index (χ0v) is 4.75. The summed E-state index contributed by atoms with van der Waals surface area (Å²) < 4.78 is 0. The second-order valence-corrected chi connectivity index (χ2v) is 1.90. The van der Waals surface area contributed by atoms with Crippen LogP contribution in [0.5, 0.6) is 0 Å². The maximum Gasteiger partial charge on any atom is 0.0227 e. The summed E-state index contributed by atoms with van der Waals surface area (Å²) in [5.74, 6) is 0.535. The maximum atomic E-state index is 5.39. The fourth-order valence-electron chi connectivity index (χ4n) is 0.682. The smallest absolute Gasteiger partial charge is 0.0227 e. The number of hydrogen-bond acceptors (Lipinski definition) is 2. The average molecular weight is 110 g/mol. The Labute approximate surface area is 49.1 Å². The summed E-state index contributed by atoms with van der Waals surface area (Å²) in [4.78, 5) is 3.91. The van der Waals surface area contributed by atoms with E-state index in [2.05, 4.69) is 4.99 Å². The van der Waals surface area contributed by atoms with Crippen LogP contribution >= 0.6 is 0 Å². The van der Waals surface area contributed by atoms with Crippen LogP contribution in [0.1, 0.15) is 6.42 Å². The Morgan fingerprint density at radius 1 is 1.75 bits per heavy atom. The molecule has 1 heterocycles. The second kappa shape index (κ2) is 2.62. The van der Waals surface area contributed by atoms with Crippen molar-refractivity contribution in [2.24, 2.45) is 16.6 Å². The molecule has 0 aromatic heterocycles. The molecule has 0 aromatic carbocycles. The van der Waals surface area contributed by atoms with Crippen LogP contribution in [0.2, 0.25) is 0 Å². The van der Waals surface area contributed by atoms with E-state index in [0.717, 1.165) is 13.0 Å². The third-order valence-corrected chi connectivity index (χ3v) is 1.26. The molecule has 1 atom stereocenters. The minimum atomic E-state index is 0.535. The van der Waals surface area contributed by atoms with Gasteiger partial charge in [0.05, 0.1) is 0 Å². The van der Waals surface area contributed by atoms with Gasteiger partial charge in [0.2, 0.25) is 0 Å². The number of hydrogen-bond donors (Lipinski definition) is 1. The molecule has 1 aliphatic rings. The van der Waals surface area contributed by atoms with Crippen LogP contribution in [0.3, 0.4) is 0 Å². The fourth-order valence-corrected chi connectivity index (χ4v) is 0.682. The van der Waals surface area contributed by atoms with Crippen LogP contribution in [0.25, 0.3) is 0 Å². The van der Waals surface area contributed by atoms with Crippen molar-refractivity contribution in [3.63, 3.8) is 0 Å². The minimum Gasteiger partial charge on any atom is -0.330 e. The van der Waals surface area contributed by atoms with Crippen molar-refractivity contribution < 1.29 is 0 Å². The van der Waals surface area contributed by atoms with E-state index in [-0.39, 0.29) is 0 Å². The van der Waals surface area contributed by atoms with E-state index < -0.39 is 0 Å². The van der Waals surface area contributed by atoms with Crippen LogP contribution in [0.4, 0.5) is 0 Å². The van der Waals surface area contributed by atoms with Gasteiger partial charge in [0.1, 0.15) is 0 Å². The molecule has 0 fully saturated rings. The lowest BCUT2D eigenvalue weighted by Gasteiger charge is -2.06. The lowest BCUT2D eigenvalue weighted by molar-refractivity contribution is 0.691. The van der Waals surface area contributed by atoms with E-state index in [9.17, 15) is 0 Å². The Morgan fingerprint density at radius 2 is 2.62 bits per heavy atom. The predicted octanol–water partition coefficient (Wildman–Crippen LogP) is 0.550. The van der Waals surface area contributed by atoms with Gasteiger partial charge < -0.3 is 5.73 Å². The summed E-state index contributed by atoms with van der Waals surface area (Å²) in [6.07, 6.45) is 6.76. The van der Waals surface area contributed by atoms with Gasteiger partial charge >= 0.3 is 0 Å². The van der Waals surface area contributed by atoms with Gasteiger partial charge in [-0.3, -0.25) is 4.99 Å². The summed E-state index contributed by atoms with van der Waals surface area (Å²) in [5.41, 5.74) is 5.39. The molecule has 0 amide bonds. The van der Waals surface area contributed by atoms with Crippen molar-refractivity contribution in [2.75, 3.05) is 6.54 Å². The zero-order valence-electron chi connectivity index (χ0n) is 4.75. The SMILES string of the molecule is NCC1C=CN=CC1. The van der Waals surface area contributed by atoms with E-state index in [1.807, 2.05) is 12.3 Å². The molecule has 1 rings (SSSR count). The van der Waals surface area contributed by atoms with Gasteiger partial charge in [-0.05, 0) is 18.9 Å². The van der Waals surface area contributed by atoms with E-state index in [1.165, 1.54) is 0 Å². The Balaban J connectivity index is 2.40. The molecule has 2 heteroatoms. The molecular formula is C6H10N2. The van der Waals surface area contributed by atoms with Crippen LogP contribution < -0.4 is 5.73 Å². The molecule has 1 aliphatic heterocycles. The van der Waals surface area contributed by atoms with Gasteiger partial charge in [-0.1, -0.05) is 6.08 Å². The highest BCUT2D eigenvalue weighted by Crippen LogP contribution is 2.04. The predicted molar refractivity (Wildman–Crippen MR) is 34.8 cm³/mol. The molecule has 0 saturated heterocycles. The van der Waals surface area contributed by atoms with Crippen LogP contribution in [-0.2, 0) is 0 Å². The van der Waals surface area contributed by atoms with Crippen LogP contribution in [0, 0.1) is 5.92 Å². The highest BCUT2D eigenvalue weighted by Gasteiger charge is 2.00. The average Bonchev–Trinajstić information content (AvgIpc) is 1.90. The summed E-state index contributed by atoms with van der Waals surface area (Å²) in [6, 6.07) is 0. The number of rotatable bonds is 1. The quantitative estimate of drug-likeness (QED) is 0.526. The van der Waals surface area contributed by atoms with Crippen molar-refractivity contribution in [3.05, 3.63) is 12.3 Å². The Hall–Kier alpha value is -0.630. The normalized spacial score (nSPS) is 26.4. The lowest BCUT2D eigenvalue weighted by Crippen LogP contribution is -2.13. The largest absolute Gasteiger partial charge is 0.330 e. The molecule has 2 nitrogen and oxygen atoms in total. The van der Waals surface area contributed by atoms with E-state index in [4.69, 9.17) is 5.73 Å². The summed E-state index contributed by atoms with van der Waals surface area (Å²) >= 11 is 0. The lowest BCUT2D eigenvalue weighted by atomic mass is 10.1. The molecule has 44 valence electrons. The fraction of sp³-hybridized carbons (Fsp3) is 0.500. The number of nitrogens with zero attached hydrogens (tertiary/aromatic N) is 1. The number of aliphatic imine (C=N–C) groups is 1. The first kappa shape index (κ1) is 5.51. The third kappa shape index (κ3) is 1.17. The van der Waals surface area contributed by atoms with Crippen molar-refractivity contribution in [3.8, 4) is 0 Å². The van der Waals surface area contributed by atoms with Crippen molar-refractivity contribution >= 4 is 6.21 Å². The van der Waals surface area contributed by atoms with E-state index in [1.54, 1.807) is 6.20 Å². The van der Waals surface area contributed by atoms with E-state index >= 15 is 0 Å². The van der Waals surface area contributed by atoms with Gasteiger partial charge in [-0.25, -0.2) is 0 Å². The van der Waals surface area contributed by atoms with Gasteiger partial charge in [-0.15, -0.1) is 0 Å². The van der Waals surface area contributed by atoms with Gasteiger partial charge in [-0.2, -0.15) is 0 Å². The van der Waals surface area contributed by atoms with Gasteiger partial charge in [0, 0.05) is 12.4 Å². The Kier molecular flexibility index (Phi) is 1.80. The molecule has 0 aromatic rings. The summed E-state index contributed by atoms with van der Waals surface area (Å²) in [6.45, 7) is 0.739. The highest BCUT2D eigenvalue weighted by atomic mass is 14.7. The van der Waals surface area contributed by atoms with Crippen molar-refractivity contribution in [2.45, 2.75) is 6.42 Å². The van der Waals surface area contributed by atoms with Crippen molar-refractivity contribution in [1.29, 1.82) is 0 Å². The maximum absolute atomic E-state index is 5.39. The Bertz CT molecular complexity index is 116. The third-order valence-electron chi connectivity index (χ3n) is 1.26. The topological polar surface area (TPSA) is 38.4 Å². The summed E-state index contributed by atoms with van der Waals surface area (Å²) in [5, 5.41) is 0. The minimum absolute atomic E-state index is 0.535. The van der Waals surface area contributed by atoms with Crippen LogP contribution in [0.15, 0.2) is 17.3 Å². The molecule has 0 bridgehead atoms. The first-order valence-electron chi connectivity index (χ1n) is 2.82. The molecule has 0 spiro atoms. The monoisotopic (exact) mass is 110 g/mol. The van der Waals surface area contributed by atoms with Crippen molar-refractivity contribution in [1.82, 2.24) is 0 Å². The molecule has 8 heavy (non-hydrogen) atoms.